The van der Waals surface area contributed by atoms with Crippen molar-refractivity contribution >= 4 is 16.9 Å². The van der Waals surface area contributed by atoms with Gasteiger partial charge in [0.1, 0.15) is 16.9 Å². The van der Waals surface area contributed by atoms with Gasteiger partial charge in [0.15, 0.2) is 6.20 Å². The number of hydrogen-bond donors (Lipinski definition) is 1. The Morgan fingerprint density at radius 2 is 2.00 bits per heavy atom. The van der Waals surface area contributed by atoms with Crippen molar-refractivity contribution in [3.63, 3.8) is 0 Å². The number of nitrogens with zero attached hydrogens (tertiary/aromatic N) is 3. The molecule has 20 heavy (non-hydrogen) atoms. The molecule has 0 fully saturated rings. The van der Waals surface area contributed by atoms with Crippen LogP contribution >= 0.6 is 0 Å². The van der Waals surface area contributed by atoms with Crippen molar-refractivity contribution in [2.75, 3.05) is 0 Å². The van der Waals surface area contributed by atoms with E-state index in [9.17, 15) is 14.4 Å². The molecule has 0 saturated carbocycles. The Hall–Kier alpha value is -2.96. The molecule has 0 saturated heterocycles. The van der Waals surface area contributed by atoms with Crippen LogP contribution in [0.1, 0.15) is 10.4 Å². The third kappa shape index (κ3) is 1.85. The third-order valence-electron chi connectivity index (χ3n) is 2.90. The van der Waals surface area contributed by atoms with Gasteiger partial charge in [0.05, 0.1) is 11.9 Å². The summed E-state index contributed by atoms with van der Waals surface area (Å²) in [4.78, 5) is 11.1. The first-order valence-electron chi connectivity index (χ1n) is 5.66. The van der Waals surface area contributed by atoms with Gasteiger partial charge in [-0.15, -0.1) is 0 Å². The van der Waals surface area contributed by atoms with E-state index in [0.717, 1.165) is 6.20 Å². The predicted molar refractivity (Wildman–Crippen MR) is 66.9 cm³/mol. The number of carboxylic acid groups (broad SMARTS) is 1. The van der Waals surface area contributed by atoms with Crippen molar-refractivity contribution in [3.8, 4) is 5.69 Å². The SMILES string of the molecule is O=C(O)c1c[n+]([O-])cc2c1cnn2-c1ccc(F)cc1. The maximum Gasteiger partial charge on any atom is 0.342 e. The zero-order valence-corrected chi connectivity index (χ0v) is 10.0. The molecule has 0 amide bonds. The van der Waals surface area contributed by atoms with E-state index in [1.165, 1.54) is 41.3 Å². The van der Waals surface area contributed by atoms with Crippen molar-refractivity contribution in [1.82, 2.24) is 9.78 Å². The van der Waals surface area contributed by atoms with Crippen LogP contribution in [-0.4, -0.2) is 20.9 Å². The van der Waals surface area contributed by atoms with Gasteiger partial charge in [-0.2, -0.15) is 9.83 Å². The Balaban J connectivity index is 2.28. The molecule has 0 aliphatic heterocycles. The van der Waals surface area contributed by atoms with Gasteiger partial charge >= 0.3 is 5.97 Å². The molecule has 7 heteroatoms. The molecule has 0 atom stereocenters. The van der Waals surface area contributed by atoms with Crippen LogP contribution in [-0.2, 0) is 0 Å². The van der Waals surface area contributed by atoms with Crippen molar-refractivity contribution < 1.29 is 19.0 Å². The minimum absolute atomic E-state index is 0.133. The first kappa shape index (κ1) is 12.1. The lowest BCUT2D eigenvalue weighted by Gasteiger charge is -2.04. The fraction of sp³-hybridized carbons (Fsp3) is 0. The molecule has 0 spiro atoms. The molecule has 3 aromatic rings. The molecule has 1 N–H and O–H groups in total. The van der Waals surface area contributed by atoms with Crippen LogP contribution < -0.4 is 4.73 Å². The summed E-state index contributed by atoms with van der Waals surface area (Å²) in [6.45, 7) is 0. The van der Waals surface area contributed by atoms with Crippen LogP contribution in [0.4, 0.5) is 4.39 Å². The van der Waals surface area contributed by atoms with E-state index < -0.39 is 11.8 Å². The van der Waals surface area contributed by atoms with E-state index in [0.29, 0.717) is 21.3 Å². The van der Waals surface area contributed by atoms with Crippen molar-refractivity contribution in [2.24, 2.45) is 0 Å². The van der Waals surface area contributed by atoms with Gasteiger partial charge in [0.2, 0.25) is 6.20 Å². The highest BCUT2D eigenvalue weighted by atomic mass is 19.1. The highest BCUT2D eigenvalue weighted by Crippen LogP contribution is 2.20. The number of halogens is 1. The summed E-state index contributed by atoms with van der Waals surface area (Å²) in [6.07, 6.45) is 3.56. The summed E-state index contributed by atoms with van der Waals surface area (Å²) in [5.41, 5.74) is 0.737. The van der Waals surface area contributed by atoms with Crippen molar-refractivity contribution in [2.45, 2.75) is 0 Å². The smallest absolute Gasteiger partial charge is 0.342 e. The Morgan fingerprint density at radius 3 is 2.65 bits per heavy atom. The van der Waals surface area contributed by atoms with Crippen LogP contribution in [0.5, 0.6) is 0 Å². The predicted octanol–water partition coefficient (Wildman–Crippen LogP) is 1.50. The maximum atomic E-state index is 12.9. The highest BCUT2D eigenvalue weighted by molar-refractivity contribution is 6.01. The molecule has 100 valence electrons. The second kappa shape index (κ2) is 4.30. The van der Waals surface area contributed by atoms with E-state index in [1.54, 1.807) is 0 Å². The molecular formula is C13H8FN3O3. The van der Waals surface area contributed by atoms with E-state index in [1.807, 2.05) is 0 Å². The Labute approximate surface area is 111 Å². The van der Waals surface area contributed by atoms with Gasteiger partial charge in [-0.05, 0) is 24.3 Å². The first-order valence-corrected chi connectivity index (χ1v) is 5.66. The lowest BCUT2D eigenvalue weighted by Crippen LogP contribution is -2.26. The highest BCUT2D eigenvalue weighted by Gasteiger charge is 2.18. The van der Waals surface area contributed by atoms with Gasteiger partial charge in [-0.25, -0.2) is 13.9 Å². The van der Waals surface area contributed by atoms with Crippen molar-refractivity contribution in [3.05, 3.63) is 59.4 Å². The monoisotopic (exact) mass is 273 g/mol. The Morgan fingerprint density at radius 1 is 1.30 bits per heavy atom. The lowest BCUT2D eigenvalue weighted by molar-refractivity contribution is -0.604. The molecule has 3 rings (SSSR count). The Kier molecular flexibility index (Phi) is 2.60. The summed E-state index contributed by atoms with van der Waals surface area (Å²) in [5.74, 6) is -1.60. The molecule has 1 aromatic carbocycles. The summed E-state index contributed by atoms with van der Waals surface area (Å²) < 4.78 is 14.7. The number of carboxylic acids is 1. The van der Waals surface area contributed by atoms with Crippen LogP contribution in [0.15, 0.2) is 42.9 Å². The number of benzene rings is 1. The number of aromatic nitrogens is 3. The lowest BCUT2D eigenvalue weighted by atomic mass is 10.2. The number of pyridine rings is 1. The second-order valence-electron chi connectivity index (χ2n) is 4.17. The zero-order valence-electron chi connectivity index (χ0n) is 10.0. The standard InChI is InChI=1S/C13H8FN3O3/c14-8-1-3-9(4-2-8)17-12-7-16(20)6-11(13(18)19)10(12)5-15-17/h1-7H,(H,18,19). The van der Waals surface area contributed by atoms with Crippen LogP contribution in [0.3, 0.4) is 0 Å². The third-order valence-corrected chi connectivity index (χ3v) is 2.90. The zero-order chi connectivity index (χ0) is 14.3. The average molecular weight is 273 g/mol. The Bertz CT molecular complexity index is 812. The van der Waals surface area contributed by atoms with Gasteiger partial charge in [-0.1, -0.05) is 0 Å². The largest absolute Gasteiger partial charge is 0.619 e. The maximum absolute atomic E-state index is 12.9. The van der Waals surface area contributed by atoms with Gasteiger partial charge in [0, 0.05) is 5.39 Å². The van der Waals surface area contributed by atoms with E-state index in [2.05, 4.69) is 5.10 Å². The minimum atomic E-state index is -1.21. The minimum Gasteiger partial charge on any atom is -0.619 e. The number of carbonyl (C=O) groups is 1. The molecule has 0 aliphatic carbocycles. The van der Waals surface area contributed by atoms with E-state index >= 15 is 0 Å². The molecule has 0 bridgehead atoms. The number of rotatable bonds is 2. The molecule has 6 nitrogen and oxygen atoms in total. The van der Waals surface area contributed by atoms with Crippen LogP contribution in [0.25, 0.3) is 16.6 Å². The molecule has 2 heterocycles. The van der Waals surface area contributed by atoms with Crippen LogP contribution in [0, 0.1) is 11.0 Å². The number of hydrogen-bond acceptors (Lipinski definition) is 3. The molecule has 0 aliphatic rings. The molecule has 0 radical (unpaired) electrons. The number of aromatic carboxylic acids is 1. The average Bonchev–Trinajstić information content (AvgIpc) is 2.82. The van der Waals surface area contributed by atoms with Gasteiger partial charge in [0.25, 0.3) is 0 Å². The summed E-state index contributed by atoms with van der Waals surface area (Å²) in [6, 6.07) is 5.50. The first-order chi connectivity index (χ1) is 9.56. The summed E-state index contributed by atoms with van der Waals surface area (Å²) >= 11 is 0. The molecule has 0 unspecified atom stereocenters. The molecular weight excluding hydrogens is 265 g/mol. The van der Waals surface area contributed by atoms with Gasteiger partial charge in [-0.3, -0.25) is 0 Å². The van der Waals surface area contributed by atoms with Crippen molar-refractivity contribution in [1.29, 1.82) is 0 Å². The van der Waals surface area contributed by atoms with E-state index in [4.69, 9.17) is 5.11 Å². The second-order valence-corrected chi connectivity index (χ2v) is 4.17. The van der Waals surface area contributed by atoms with E-state index in [-0.39, 0.29) is 5.56 Å². The normalized spacial score (nSPS) is 10.8. The number of fused-ring (bicyclic) bond motifs is 1. The van der Waals surface area contributed by atoms with Gasteiger partial charge < -0.3 is 10.3 Å². The topological polar surface area (TPSA) is 82.1 Å². The quantitative estimate of drug-likeness (QED) is 0.566. The fourth-order valence-corrected chi connectivity index (χ4v) is 2.00. The summed E-state index contributed by atoms with van der Waals surface area (Å²) in [5, 5.41) is 25.0. The summed E-state index contributed by atoms with van der Waals surface area (Å²) in [7, 11) is 0. The fourth-order valence-electron chi connectivity index (χ4n) is 2.00. The molecule has 2 aromatic heterocycles. The van der Waals surface area contributed by atoms with Crippen LogP contribution in [0.2, 0.25) is 0 Å².